The lowest BCUT2D eigenvalue weighted by Crippen LogP contribution is -2.46. The van der Waals surface area contributed by atoms with Crippen molar-refractivity contribution in [1.29, 1.82) is 0 Å². The van der Waals surface area contributed by atoms with Crippen LogP contribution < -0.4 is 15.8 Å². The number of ether oxygens (including phenoxy) is 1. The maximum absolute atomic E-state index is 12.5. The van der Waals surface area contributed by atoms with E-state index in [4.69, 9.17) is 10.5 Å². The first-order valence-electron chi connectivity index (χ1n) is 6.56. The molecule has 6 nitrogen and oxygen atoms in total. The molecule has 2 rings (SSSR count). The summed E-state index contributed by atoms with van der Waals surface area (Å²) in [5.74, 6) is 0.00412. The van der Waals surface area contributed by atoms with Gasteiger partial charge in [0.05, 0.1) is 13.7 Å². The quantitative estimate of drug-likeness (QED) is 0.792. The number of nitrogens with two attached hydrogens (primary N) is 1. The van der Waals surface area contributed by atoms with Gasteiger partial charge in [0.25, 0.3) is 5.91 Å². The Morgan fingerprint density at radius 1 is 1.40 bits per heavy atom. The molecule has 1 aromatic carbocycles. The summed E-state index contributed by atoms with van der Waals surface area (Å²) in [5, 5.41) is 3.18. The summed E-state index contributed by atoms with van der Waals surface area (Å²) in [6, 6.07) is 6.84. The molecule has 1 heterocycles. The van der Waals surface area contributed by atoms with E-state index in [1.165, 1.54) is 0 Å². The minimum Gasteiger partial charge on any atom is -0.497 e. The predicted molar refractivity (Wildman–Crippen MR) is 74.5 cm³/mol. The topological polar surface area (TPSA) is 84.7 Å². The molecule has 20 heavy (non-hydrogen) atoms. The molecule has 1 atom stereocenters. The molecule has 108 valence electrons. The third-order valence-corrected chi connectivity index (χ3v) is 3.40. The van der Waals surface area contributed by atoms with Crippen LogP contribution in [0.15, 0.2) is 24.3 Å². The number of benzene rings is 1. The third-order valence-electron chi connectivity index (χ3n) is 3.40. The summed E-state index contributed by atoms with van der Waals surface area (Å²) in [4.78, 5) is 25.3. The molecule has 1 aromatic rings. The number of nitrogens with zero attached hydrogens (tertiary/aromatic N) is 1. The highest BCUT2D eigenvalue weighted by molar-refractivity contribution is 5.96. The molecule has 0 bridgehead atoms. The minimum atomic E-state index is -0.501. The lowest BCUT2D eigenvalue weighted by Gasteiger charge is -2.27. The maximum Gasteiger partial charge on any atom is 0.254 e. The average Bonchev–Trinajstić information content (AvgIpc) is 2.98. The van der Waals surface area contributed by atoms with Crippen LogP contribution in [0.4, 0.5) is 0 Å². The van der Waals surface area contributed by atoms with Gasteiger partial charge in [-0.2, -0.15) is 0 Å². The summed E-state index contributed by atoms with van der Waals surface area (Å²) in [6.45, 7) is 1.47. The number of carbonyl (C=O) groups is 2. The minimum absolute atomic E-state index is 0.0112. The second-order valence-electron chi connectivity index (χ2n) is 4.77. The number of primary amides is 1. The molecule has 1 saturated heterocycles. The van der Waals surface area contributed by atoms with Crippen LogP contribution in [0.2, 0.25) is 0 Å². The molecule has 2 amide bonds. The highest BCUT2D eigenvalue weighted by Crippen LogP contribution is 2.16. The molecule has 1 unspecified atom stereocenters. The molecule has 1 aliphatic rings. The van der Waals surface area contributed by atoms with Crippen LogP contribution >= 0.6 is 0 Å². The first-order valence-corrected chi connectivity index (χ1v) is 6.56. The normalized spacial score (nSPS) is 17.8. The zero-order valence-corrected chi connectivity index (χ0v) is 11.5. The Bertz CT molecular complexity index is 481. The van der Waals surface area contributed by atoms with Crippen molar-refractivity contribution in [2.45, 2.75) is 12.5 Å². The van der Waals surface area contributed by atoms with E-state index in [1.807, 2.05) is 0 Å². The summed E-state index contributed by atoms with van der Waals surface area (Å²) in [7, 11) is 1.57. The zero-order chi connectivity index (χ0) is 14.5. The van der Waals surface area contributed by atoms with Gasteiger partial charge in [-0.3, -0.25) is 9.59 Å². The van der Waals surface area contributed by atoms with Gasteiger partial charge in [-0.1, -0.05) is 0 Å². The van der Waals surface area contributed by atoms with Gasteiger partial charge in [-0.25, -0.2) is 0 Å². The lowest BCUT2D eigenvalue weighted by molar-refractivity contribution is -0.119. The van der Waals surface area contributed by atoms with Crippen molar-refractivity contribution in [1.82, 2.24) is 10.2 Å². The molecule has 0 radical (unpaired) electrons. The monoisotopic (exact) mass is 277 g/mol. The van der Waals surface area contributed by atoms with Gasteiger partial charge < -0.3 is 20.7 Å². The van der Waals surface area contributed by atoms with Crippen molar-refractivity contribution in [3.8, 4) is 5.75 Å². The van der Waals surface area contributed by atoms with E-state index in [1.54, 1.807) is 36.3 Å². The molecule has 0 aliphatic carbocycles. The molecule has 6 heteroatoms. The summed E-state index contributed by atoms with van der Waals surface area (Å²) in [5.41, 5.74) is 5.78. The van der Waals surface area contributed by atoms with Gasteiger partial charge in [0.1, 0.15) is 5.75 Å². The second kappa shape index (κ2) is 6.38. The Balaban J connectivity index is 2.17. The van der Waals surface area contributed by atoms with Gasteiger partial charge in [0, 0.05) is 18.2 Å². The van der Waals surface area contributed by atoms with Gasteiger partial charge in [-0.05, 0) is 37.2 Å². The number of carbonyl (C=O) groups excluding carboxylic acids is 2. The molecule has 0 aromatic heterocycles. The van der Waals surface area contributed by atoms with Crippen LogP contribution in [-0.4, -0.2) is 49.5 Å². The summed E-state index contributed by atoms with van der Waals surface area (Å²) < 4.78 is 5.06. The standard InChI is InChI=1S/C14H19N3O3/c1-20-12-4-2-10(3-5-12)14(19)17(9-13(15)18)11-6-7-16-8-11/h2-5,11,16H,6-9H2,1H3,(H2,15,18). The number of methoxy groups -OCH3 is 1. The second-order valence-corrected chi connectivity index (χ2v) is 4.77. The number of amides is 2. The van der Waals surface area contributed by atoms with E-state index in [-0.39, 0.29) is 18.5 Å². The third kappa shape index (κ3) is 3.27. The molecule has 0 spiro atoms. The average molecular weight is 277 g/mol. The summed E-state index contributed by atoms with van der Waals surface area (Å²) in [6.07, 6.45) is 0.829. The van der Waals surface area contributed by atoms with Crippen molar-refractivity contribution in [3.63, 3.8) is 0 Å². The molecular weight excluding hydrogens is 258 g/mol. The Hall–Kier alpha value is -2.08. The van der Waals surface area contributed by atoms with E-state index in [0.29, 0.717) is 17.9 Å². The Morgan fingerprint density at radius 3 is 2.60 bits per heavy atom. The fourth-order valence-electron chi connectivity index (χ4n) is 2.34. The van der Waals surface area contributed by atoms with Crippen molar-refractivity contribution in [3.05, 3.63) is 29.8 Å². The van der Waals surface area contributed by atoms with Crippen LogP contribution in [-0.2, 0) is 4.79 Å². The fraction of sp³-hybridized carbons (Fsp3) is 0.429. The van der Waals surface area contributed by atoms with Gasteiger partial charge in [0.15, 0.2) is 0 Å². The highest BCUT2D eigenvalue weighted by Gasteiger charge is 2.28. The first-order chi connectivity index (χ1) is 9.61. The predicted octanol–water partition coefficient (Wildman–Crippen LogP) is -0.0154. The van der Waals surface area contributed by atoms with Gasteiger partial charge in [-0.15, -0.1) is 0 Å². The lowest BCUT2D eigenvalue weighted by atomic mass is 10.1. The number of rotatable bonds is 5. The Morgan fingerprint density at radius 2 is 2.10 bits per heavy atom. The highest BCUT2D eigenvalue weighted by atomic mass is 16.5. The zero-order valence-electron chi connectivity index (χ0n) is 11.5. The van der Waals surface area contributed by atoms with Crippen LogP contribution in [0.5, 0.6) is 5.75 Å². The van der Waals surface area contributed by atoms with Gasteiger partial charge in [0.2, 0.25) is 5.91 Å². The Labute approximate surface area is 117 Å². The number of hydrogen-bond acceptors (Lipinski definition) is 4. The largest absolute Gasteiger partial charge is 0.497 e. The van der Waals surface area contributed by atoms with Crippen LogP contribution in [0, 0.1) is 0 Å². The van der Waals surface area contributed by atoms with E-state index in [2.05, 4.69) is 5.32 Å². The first kappa shape index (κ1) is 14.3. The molecule has 0 saturated carbocycles. The smallest absolute Gasteiger partial charge is 0.254 e. The van der Waals surface area contributed by atoms with Crippen molar-refractivity contribution < 1.29 is 14.3 Å². The van der Waals surface area contributed by atoms with Crippen LogP contribution in [0.1, 0.15) is 16.8 Å². The molecule has 1 fully saturated rings. The van der Waals surface area contributed by atoms with Crippen molar-refractivity contribution in [2.24, 2.45) is 5.73 Å². The number of hydrogen-bond donors (Lipinski definition) is 2. The number of nitrogens with one attached hydrogen (secondary N) is 1. The van der Waals surface area contributed by atoms with E-state index < -0.39 is 5.91 Å². The van der Waals surface area contributed by atoms with E-state index in [9.17, 15) is 9.59 Å². The van der Waals surface area contributed by atoms with Crippen LogP contribution in [0.3, 0.4) is 0 Å². The van der Waals surface area contributed by atoms with Crippen molar-refractivity contribution >= 4 is 11.8 Å². The van der Waals surface area contributed by atoms with Gasteiger partial charge >= 0.3 is 0 Å². The van der Waals surface area contributed by atoms with E-state index >= 15 is 0 Å². The fourth-order valence-corrected chi connectivity index (χ4v) is 2.34. The maximum atomic E-state index is 12.5. The Kier molecular flexibility index (Phi) is 4.57. The molecule has 1 aliphatic heterocycles. The summed E-state index contributed by atoms with van der Waals surface area (Å²) >= 11 is 0. The molecular formula is C14H19N3O3. The van der Waals surface area contributed by atoms with Crippen molar-refractivity contribution in [2.75, 3.05) is 26.7 Å². The van der Waals surface area contributed by atoms with Crippen LogP contribution in [0.25, 0.3) is 0 Å². The molecule has 3 N–H and O–H groups in total. The SMILES string of the molecule is COc1ccc(C(=O)N(CC(N)=O)C2CCNC2)cc1. The van der Waals surface area contributed by atoms with E-state index in [0.717, 1.165) is 13.0 Å².